The van der Waals surface area contributed by atoms with Crippen molar-refractivity contribution in [2.24, 2.45) is 0 Å². The maximum absolute atomic E-state index is 12.0. The van der Waals surface area contributed by atoms with E-state index in [1.807, 2.05) is 24.3 Å². The molecule has 1 amide bonds. The minimum absolute atomic E-state index is 0.135. The molecular formula is C12H12N4O. The number of carbonyl (C=O) groups excluding carboxylic acids is 1. The molecule has 0 bridgehead atoms. The molecule has 0 fully saturated rings. The van der Waals surface area contributed by atoms with E-state index >= 15 is 0 Å². The van der Waals surface area contributed by atoms with Crippen molar-refractivity contribution >= 4 is 23.0 Å². The molecule has 0 saturated heterocycles. The first-order chi connectivity index (χ1) is 8.29. The van der Waals surface area contributed by atoms with Crippen LogP contribution in [0, 0.1) is 0 Å². The lowest BCUT2D eigenvalue weighted by Gasteiger charge is -2.25. The number of para-hydroxylation sites is 2. The van der Waals surface area contributed by atoms with Gasteiger partial charge in [0.05, 0.1) is 11.0 Å². The zero-order valence-corrected chi connectivity index (χ0v) is 9.18. The van der Waals surface area contributed by atoms with E-state index in [-0.39, 0.29) is 12.2 Å². The highest BCUT2D eigenvalue weighted by atomic mass is 16.2. The molecule has 0 saturated carbocycles. The SMILES string of the molecule is C=CCC1NC(=O)n2c(nc3ccccc32)N1. The van der Waals surface area contributed by atoms with E-state index in [9.17, 15) is 4.79 Å². The molecule has 0 spiro atoms. The van der Waals surface area contributed by atoms with Gasteiger partial charge < -0.3 is 10.6 Å². The molecule has 5 heteroatoms. The summed E-state index contributed by atoms with van der Waals surface area (Å²) in [5, 5.41) is 6.02. The number of carbonyl (C=O) groups is 1. The minimum atomic E-state index is -0.153. The van der Waals surface area contributed by atoms with Crippen molar-refractivity contribution in [2.45, 2.75) is 12.6 Å². The molecule has 2 N–H and O–H groups in total. The van der Waals surface area contributed by atoms with Gasteiger partial charge in [0.2, 0.25) is 5.95 Å². The van der Waals surface area contributed by atoms with E-state index in [0.29, 0.717) is 12.4 Å². The summed E-state index contributed by atoms with van der Waals surface area (Å²) in [6.07, 6.45) is 2.29. The second-order valence-electron chi connectivity index (χ2n) is 3.93. The maximum atomic E-state index is 12.0. The average Bonchev–Trinajstić information content (AvgIpc) is 2.67. The van der Waals surface area contributed by atoms with E-state index < -0.39 is 0 Å². The summed E-state index contributed by atoms with van der Waals surface area (Å²) < 4.78 is 1.55. The van der Waals surface area contributed by atoms with Crippen LogP contribution in [0.15, 0.2) is 36.9 Å². The molecule has 86 valence electrons. The highest BCUT2D eigenvalue weighted by molar-refractivity contribution is 5.94. The number of nitrogens with zero attached hydrogens (tertiary/aromatic N) is 2. The molecule has 1 atom stereocenters. The predicted octanol–water partition coefficient (Wildman–Crippen LogP) is 1.92. The van der Waals surface area contributed by atoms with Crippen LogP contribution in [0.25, 0.3) is 11.0 Å². The Hall–Kier alpha value is -2.30. The summed E-state index contributed by atoms with van der Waals surface area (Å²) in [6.45, 7) is 3.66. The van der Waals surface area contributed by atoms with Gasteiger partial charge >= 0.3 is 6.03 Å². The monoisotopic (exact) mass is 228 g/mol. The van der Waals surface area contributed by atoms with E-state index in [1.54, 1.807) is 10.6 Å². The van der Waals surface area contributed by atoms with Gasteiger partial charge in [0.15, 0.2) is 0 Å². The Bertz CT molecular complexity index is 602. The Balaban J connectivity index is 2.12. The van der Waals surface area contributed by atoms with Gasteiger partial charge in [-0.3, -0.25) is 0 Å². The lowest BCUT2D eigenvalue weighted by molar-refractivity contribution is 0.238. The Morgan fingerprint density at radius 3 is 3.06 bits per heavy atom. The van der Waals surface area contributed by atoms with Gasteiger partial charge in [-0.15, -0.1) is 6.58 Å². The van der Waals surface area contributed by atoms with Crippen LogP contribution in [-0.4, -0.2) is 21.7 Å². The number of amides is 1. The van der Waals surface area contributed by atoms with Crippen LogP contribution in [0.4, 0.5) is 10.7 Å². The molecule has 0 radical (unpaired) electrons. The van der Waals surface area contributed by atoms with Gasteiger partial charge in [0, 0.05) is 6.42 Å². The molecule has 1 aromatic heterocycles. The highest BCUT2D eigenvalue weighted by Crippen LogP contribution is 2.22. The third-order valence-corrected chi connectivity index (χ3v) is 2.77. The first-order valence-corrected chi connectivity index (χ1v) is 5.45. The van der Waals surface area contributed by atoms with E-state index in [4.69, 9.17) is 0 Å². The normalized spacial score (nSPS) is 18.4. The van der Waals surface area contributed by atoms with Crippen LogP contribution >= 0.6 is 0 Å². The summed E-state index contributed by atoms with van der Waals surface area (Å²) in [6, 6.07) is 7.40. The van der Waals surface area contributed by atoms with Gasteiger partial charge in [-0.2, -0.15) is 0 Å². The van der Waals surface area contributed by atoms with Crippen molar-refractivity contribution in [3.63, 3.8) is 0 Å². The van der Waals surface area contributed by atoms with Crippen LogP contribution in [0.3, 0.4) is 0 Å². The van der Waals surface area contributed by atoms with Crippen LogP contribution in [0.5, 0.6) is 0 Å². The third kappa shape index (κ3) is 1.47. The van der Waals surface area contributed by atoms with Crippen molar-refractivity contribution in [1.29, 1.82) is 0 Å². The fourth-order valence-electron chi connectivity index (χ4n) is 2.02. The quantitative estimate of drug-likeness (QED) is 0.772. The maximum Gasteiger partial charge on any atom is 0.330 e. The number of hydrogen-bond donors (Lipinski definition) is 2. The third-order valence-electron chi connectivity index (χ3n) is 2.77. The summed E-state index contributed by atoms with van der Waals surface area (Å²) in [5.74, 6) is 0.585. The number of nitrogens with one attached hydrogen (secondary N) is 2. The van der Waals surface area contributed by atoms with Gasteiger partial charge in [-0.05, 0) is 12.1 Å². The van der Waals surface area contributed by atoms with Crippen molar-refractivity contribution in [1.82, 2.24) is 14.9 Å². The molecule has 3 rings (SSSR count). The molecule has 17 heavy (non-hydrogen) atoms. The molecule has 1 aromatic carbocycles. The Labute approximate surface area is 98.1 Å². The van der Waals surface area contributed by atoms with Crippen molar-refractivity contribution in [3.05, 3.63) is 36.9 Å². The summed E-state index contributed by atoms with van der Waals surface area (Å²) in [5.41, 5.74) is 1.62. The highest BCUT2D eigenvalue weighted by Gasteiger charge is 2.25. The molecular weight excluding hydrogens is 216 g/mol. The van der Waals surface area contributed by atoms with E-state index in [1.165, 1.54) is 0 Å². The largest absolute Gasteiger partial charge is 0.335 e. The minimum Gasteiger partial charge on any atom is -0.335 e. The van der Waals surface area contributed by atoms with Gasteiger partial charge in [-0.1, -0.05) is 18.2 Å². The number of aromatic nitrogens is 2. The van der Waals surface area contributed by atoms with E-state index in [2.05, 4.69) is 22.2 Å². The number of hydrogen-bond acceptors (Lipinski definition) is 3. The number of benzene rings is 1. The lowest BCUT2D eigenvalue weighted by Crippen LogP contribution is -2.47. The zero-order valence-electron chi connectivity index (χ0n) is 9.18. The molecule has 1 aliphatic rings. The van der Waals surface area contributed by atoms with Gasteiger partial charge in [0.1, 0.15) is 6.17 Å². The number of fused-ring (bicyclic) bond motifs is 3. The predicted molar refractivity (Wildman–Crippen MR) is 65.9 cm³/mol. The smallest absolute Gasteiger partial charge is 0.330 e. The molecule has 0 aliphatic carbocycles. The number of rotatable bonds is 2. The molecule has 2 heterocycles. The Morgan fingerprint density at radius 2 is 2.24 bits per heavy atom. The van der Waals surface area contributed by atoms with Crippen molar-refractivity contribution in [2.75, 3.05) is 5.32 Å². The van der Waals surface area contributed by atoms with Gasteiger partial charge in [-0.25, -0.2) is 14.3 Å². The van der Waals surface area contributed by atoms with E-state index in [0.717, 1.165) is 11.0 Å². The Kier molecular flexibility index (Phi) is 2.11. The fourth-order valence-corrected chi connectivity index (χ4v) is 2.02. The van der Waals surface area contributed by atoms with Crippen LogP contribution in [0.1, 0.15) is 6.42 Å². The zero-order chi connectivity index (χ0) is 11.8. The van der Waals surface area contributed by atoms with Crippen LogP contribution < -0.4 is 10.6 Å². The first-order valence-electron chi connectivity index (χ1n) is 5.45. The number of anilines is 1. The summed E-state index contributed by atoms with van der Waals surface area (Å²) in [7, 11) is 0. The van der Waals surface area contributed by atoms with Crippen molar-refractivity contribution < 1.29 is 4.79 Å². The van der Waals surface area contributed by atoms with Crippen LogP contribution in [0.2, 0.25) is 0 Å². The number of imidazole rings is 1. The average molecular weight is 228 g/mol. The fraction of sp³-hybridized carbons (Fsp3) is 0.167. The summed E-state index contributed by atoms with van der Waals surface area (Å²) >= 11 is 0. The second-order valence-corrected chi connectivity index (χ2v) is 3.93. The Morgan fingerprint density at radius 1 is 1.41 bits per heavy atom. The van der Waals surface area contributed by atoms with Gasteiger partial charge in [0.25, 0.3) is 0 Å². The summed E-state index contributed by atoms with van der Waals surface area (Å²) in [4.78, 5) is 16.4. The molecule has 2 aromatic rings. The van der Waals surface area contributed by atoms with Crippen molar-refractivity contribution in [3.8, 4) is 0 Å². The van der Waals surface area contributed by atoms with Crippen LogP contribution in [-0.2, 0) is 0 Å². The standard InChI is InChI=1S/C12H12N4O/c1-2-5-10-14-11-13-8-6-3-4-7-9(8)16(11)12(17)15-10/h2-4,6-7,10H,1,5H2,(H,13,14)(H,15,17). The lowest BCUT2D eigenvalue weighted by atomic mass is 10.3. The topological polar surface area (TPSA) is 59.0 Å². The molecule has 5 nitrogen and oxygen atoms in total. The second kappa shape index (κ2) is 3.62. The first kappa shape index (κ1) is 9.89. The molecule has 1 unspecified atom stereocenters. The molecule has 1 aliphatic heterocycles.